The van der Waals surface area contributed by atoms with Gasteiger partial charge in [0.05, 0.1) is 27.5 Å². The van der Waals surface area contributed by atoms with Crippen LogP contribution >= 0.6 is 11.3 Å². The molecule has 3 rings (SSSR count). The zero-order valence-electron chi connectivity index (χ0n) is 13.2. The van der Waals surface area contributed by atoms with Gasteiger partial charge in [-0.25, -0.2) is 16.8 Å². The summed E-state index contributed by atoms with van der Waals surface area (Å²) in [6.07, 6.45) is 0.234. The van der Waals surface area contributed by atoms with Crippen LogP contribution < -0.4 is 0 Å². The number of hydrogen-bond acceptors (Lipinski definition) is 6. The van der Waals surface area contributed by atoms with Gasteiger partial charge in [0.15, 0.2) is 9.84 Å². The predicted octanol–water partition coefficient (Wildman–Crippen LogP) is 2.17. The number of sulfone groups is 1. The standard InChI is InChI=1S/C16H16N2O4S3/c17-12-13-3-5-14(6-4-13)25(21,22)18-8-7-16(15-2-1-10-23-15)24(19,20)11-9-18/h1-6,10,16H,7-9,11H2. The Hall–Kier alpha value is -1.73. The molecule has 0 bridgehead atoms. The van der Waals surface area contributed by atoms with Crippen LogP contribution in [0, 0.1) is 11.3 Å². The summed E-state index contributed by atoms with van der Waals surface area (Å²) in [5.41, 5.74) is 0.371. The summed E-state index contributed by atoms with van der Waals surface area (Å²) >= 11 is 1.37. The molecule has 1 aliphatic rings. The van der Waals surface area contributed by atoms with E-state index < -0.39 is 25.1 Å². The van der Waals surface area contributed by atoms with E-state index in [1.54, 1.807) is 12.1 Å². The smallest absolute Gasteiger partial charge is 0.228 e. The first-order valence-electron chi connectivity index (χ1n) is 7.60. The minimum Gasteiger partial charge on any atom is -0.228 e. The van der Waals surface area contributed by atoms with Gasteiger partial charge in [-0.15, -0.1) is 11.3 Å². The summed E-state index contributed by atoms with van der Waals surface area (Å²) in [6, 6.07) is 11.2. The molecule has 1 atom stereocenters. The molecule has 0 N–H and O–H groups in total. The highest BCUT2D eigenvalue weighted by Gasteiger charge is 2.36. The van der Waals surface area contributed by atoms with E-state index in [0.29, 0.717) is 5.56 Å². The quantitative estimate of drug-likeness (QED) is 0.792. The number of rotatable bonds is 3. The molecule has 1 aromatic carbocycles. The van der Waals surface area contributed by atoms with Crippen molar-refractivity contribution in [2.45, 2.75) is 16.6 Å². The van der Waals surface area contributed by atoms with Crippen molar-refractivity contribution in [3.8, 4) is 6.07 Å². The van der Waals surface area contributed by atoms with Crippen molar-refractivity contribution in [2.75, 3.05) is 18.8 Å². The summed E-state index contributed by atoms with van der Waals surface area (Å²) in [5, 5.41) is 9.98. The Bertz CT molecular complexity index is 989. The SMILES string of the molecule is N#Cc1ccc(S(=O)(=O)N2CCC(c3cccs3)S(=O)(=O)CC2)cc1. The van der Waals surface area contributed by atoms with Gasteiger partial charge >= 0.3 is 0 Å². The molecule has 1 unspecified atom stereocenters. The first kappa shape index (κ1) is 18.1. The number of benzene rings is 1. The van der Waals surface area contributed by atoms with Crippen LogP contribution in [0.15, 0.2) is 46.7 Å². The van der Waals surface area contributed by atoms with Gasteiger partial charge in [0.25, 0.3) is 0 Å². The molecule has 9 heteroatoms. The molecule has 6 nitrogen and oxygen atoms in total. The van der Waals surface area contributed by atoms with E-state index in [-0.39, 0.29) is 30.2 Å². The summed E-state index contributed by atoms with van der Waals surface area (Å²) in [4.78, 5) is 0.816. The molecule has 0 saturated carbocycles. The molecule has 0 radical (unpaired) electrons. The Balaban J connectivity index is 1.88. The highest BCUT2D eigenvalue weighted by molar-refractivity contribution is 7.92. The Labute approximate surface area is 151 Å². The molecule has 0 aliphatic carbocycles. The van der Waals surface area contributed by atoms with Gasteiger partial charge < -0.3 is 0 Å². The molecule has 1 fully saturated rings. The number of sulfonamides is 1. The average Bonchev–Trinajstić information content (AvgIpc) is 3.06. The van der Waals surface area contributed by atoms with Gasteiger partial charge in [-0.1, -0.05) is 6.07 Å². The summed E-state index contributed by atoms with van der Waals surface area (Å²) in [7, 11) is -7.20. The van der Waals surface area contributed by atoms with Gasteiger partial charge in [-0.2, -0.15) is 9.57 Å². The van der Waals surface area contributed by atoms with E-state index in [0.717, 1.165) is 4.88 Å². The minimum atomic E-state index is -3.79. The zero-order chi connectivity index (χ0) is 18.1. The van der Waals surface area contributed by atoms with E-state index in [1.807, 2.05) is 11.4 Å². The maximum absolute atomic E-state index is 12.8. The Morgan fingerprint density at radius 3 is 2.48 bits per heavy atom. The molecule has 1 aromatic heterocycles. The van der Waals surface area contributed by atoms with E-state index in [1.165, 1.54) is 39.9 Å². The normalized spacial score (nSPS) is 21.3. The van der Waals surface area contributed by atoms with Crippen molar-refractivity contribution in [3.63, 3.8) is 0 Å². The van der Waals surface area contributed by atoms with Crippen LogP contribution in [0.4, 0.5) is 0 Å². The van der Waals surface area contributed by atoms with Crippen molar-refractivity contribution in [3.05, 3.63) is 52.2 Å². The van der Waals surface area contributed by atoms with E-state index >= 15 is 0 Å². The van der Waals surface area contributed by atoms with Crippen LogP contribution in [0.1, 0.15) is 22.1 Å². The number of nitriles is 1. The van der Waals surface area contributed by atoms with Crippen LogP contribution in [-0.2, 0) is 19.9 Å². The predicted molar refractivity (Wildman–Crippen MR) is 95.4 cm³/mol. The Kier molecular flexibility index (Phi) is 4.97. The summed E-state index contributed by atoms with van der Waals surface area (Å²) in [6.45, 7) is 0.0800. The highest BCUT2D eigenvalue weighted by atomic mass is 32.2. The fourth-order valence-corrected chi connectivity index (χ4v) is 7.38. The molecule has 2 heterocycles. The molecule has 1 aliphatic heterocycles. The first-order valence-corrected chi connectivity index (χ1v) is 11.6. The lowest BCUT2D eigenvalue weighted by Crippen LogP contribution is -2.33. The van der Waals surface area contributed by atoms with E-state index in [2.05, 4.69) is 0 Å². The topological polar surface area (TPSA) is 95.3 Å². The highest BCUT2D eigenvalue weighted by Crippen LogP contribution is 2.33. The van der Waals surface area contributed by atoms with Crippen LogP contribution in [0.3, 0.4) is 0 Å². The first-order chi connectivity index (χ1) is 11.8. The molecule has 1 saturated heterocycles. The number of hydrogen-bond donors (Lipinski definition) is 0. The molecule has 0 amide bonds. The van der Waals surface area contributed by atoms with Crippen LogP contribution in [0.2, 0.25) is 0 Å². The third-order valence-electron chi connectivity index (χ3n) is 4.18. The van der Waals surface area contributed by atoms with Crippen LogP contribution in [-0.4, -0.2) is 40.0 Å². The van der Waals surface area contributed by atoms with Crippen molar-refractivity contribution in [1.29, 1.82) is 5.26 Å². The molecule has 25 heavy (non-hydrogen) atoms. The lowest BCUT2D eigenvalue weighted by molar-refractivity contribution is 0.428. The molecule has 0 spiro atoms. The zero-order valence-corrected chi connectivity index (χ0v) is 15.6. The van der Waals surface area contributed by atoms with Crippen molar-refractivity contribution in [2.24, 2.45) is 0 Å². The largest absolute Gasteiger partial charge is 0.243 e. The average molecular weight is 397 g/mol. The number of nitrogens with zero attached hydrogens (tertiary/aromatic N) is 2. The maximum atomic E-state index is 12.8. The summed E-state index contributed by atoms with van der Waals surface area (Å²) in [5.74, 6) is -0.203. The van der Waals surface area contributed by atoms with Gasteiger partial charge in [-0.3, -0.25) is 0 Å². The lowest BCUT2D eigenvalue weighted by Gasteiger charge is -2.19. The molecular formula is C16H16N2O4S3. The third kappa shape index (κ3) is 3.62. The lowest BCUT2D eigenvalue weighted by atomic mass is 10.2. The van der Waals surface area contributed by atoms with Gasteiger partial charge in [0.1, 0.15) is 0 Å². The third-order valence-corrected chi connectivity index (χ3v) is 9.34. The maximum Gasteiger partial charge on any atom is 0.243 e. The second-order valence-corrected chi connectivity index (χ2v) is 10.9. The van der Waals surface area contributed by atoms with Crippen LogP contribution in [0.25, 0.3) is 0 Å². The van der Waals surface area contributed by atoms with Gasteiger partial charge in [0.2, 0.25) is 10.0 Å². The van der Waals surface area contributed by atoms with Crippen LogP contribution in [0.5, 0.6) is 0 Å². The summed E-state index contributed by atoms with van der Waals surface area (Å²) < 4.78 is 51.9. The number of thiophene rings is 1. The second-order valence-electron chi connectivity index (χ2n) is 5.70. The van der Waals surface area contributed by atoms with Gasteiger partial charge in [0, 0.05) is 18.0 Å². The fraction of sp³-hybridized carbons (Fsp3) is 0.312. The van der Waals surface area contributed by atoms with E-state index in [4.69, 9.17) is 5.26 Å². The molecule has 132 valence electrons. The molecular weight excluding hydrogens is 380 g/mol. The fourth-order valence-electron chi connectivity index (χ4n) is 2.81. The Morgan fingerprint density at radius 2 is 1.88 bits per heavy atom. The Morgan fingerprint density at radius 1 is 1.16 bits per heavy atom. The monoisotopic (exact) mass is 396 g/mol. The van der Waals surface area contributed by atoms with Crippen molar-refractivity contribution < 1.29 is 16.8 Å². The second kappa shape index (κ2) is 6.88. The van der Waals surface area contributed by atoms with Crippen molar-refractivity contribution >= 4 is 31.2 Å². The molecule has 2 aromatic rings. The minimum absolute atomic E-state index is 0.0630. The van der Waals surface area contributed by atoms with Gasteiger partial charge in [-0.05, 0) is 42.1 Å². The van der Waals surface area contributed by atoms with E-state index in [9.17, 15) is 16.8 Å². The van der Waals surface area contributed by atoms with Crippen molar-refractivity contribution in [1.82, 2.24) is 4.31 Å².